The van der Waals surface area contributed by atoms with Gasteiger partial charge >= 0.3 is 6.03 Å². The third kappa shape index (κ3) is 6.01. The first-order valence-corrected chi connectivity index (χ1v) is 15.7. The van der Waals surface area contributed by atoms with E-state index in [1.807, 2.05) is 86.6 Å². The van der Waals surface area contributed by atoms with Crippen LogP contribution in [0.5, 0.6) is 11.5 Å². The van der Waals surface area contributed by atoms with E-state index >= 15 is 0 Å². The Kier molecular flexibility index (Phi) is 8.17. The fourth-order valence-electron chi connectivity index (χ4n) is 5.92. The summed E-state index contributed by atoms with van der Waals surface area (Å²) in [5, 5.41) is 6.26. The van der Waals surface area contributed by atoms with Gasteiger partial charge in [0, 0.05) is 11.1 Å². The number of aryl methyl sites for hydroxylation is 2. The van der Waals surface area contributed by atoms with E-state index in [4.69, 9.17) is 9.47 Å². The van der Waals surface area contributed by atoms with Crippen LogP contribution in [0.15, 0.2) is 127 Å². The van der Waals surface area contributed by atoms with Crippen LogP contribution in [0.3, 0.4) is 0 Å². The molecule has 0 saturated carbocycles. The molecule has 6 aromatic carbocycles. The van der Waals surface area contributed by atoms with E-state index in [9.17, 15) is 14.4 Å². The van der Waals surface area contributed by atoms with Gasteiger partial charge in [0.15, 0.2) is 0 Å². The Bertz CT molecular complexity index is 2240. The lowest BCUT2D eigenvalue weighted by molar-refractivity contribution is -0.122. The van der Waals surface area contributed by atoms with Crippen LogP contribution < -0.4 is 19.7 Å². The van der Waals surface area contributed by atoms with Gasteiger partial charge in [-0.05, 0) is 82.9 Å². The number of fused-ring (bicyclic) bond motifs is 2. The summed E-state index contributed by atoms with van der Waals surface area (Å²) < 4.78 is 12.4. The van der Waals surface area contributed by atoms with Crippen molar-refractivity contribution in [3.05, 3.63) is 155 Å². The Morgan fingerprint density at radius 1 is 0.667 bits per heavy atom. The first kappa shape index (κ1) is 30.4. The maximum absolute atomic E-state index is 13.9. The summed E-state index contributed by atoms with van der Waals surface area (Å²) in [4.78, 5) is 41.1. The molecule has 7 nitrogen and oxygen atoms in total. The van der Waals surface area contributed by atoms with Gasteiger partial charge in [0.1, 0.15) is 30.3 Å². The number of carbonyl (C=O) groups is 3. The van der Waals surface area contributed by atoms with Gasteiger partial charge < -0.3 is 9.47 Å². The summed E-state index contributed by atoms with van der Waals surface area (Å²) in [6.45, 7) is 4.73. The van der Waals surface area contributed by atoms with E-state index in [0.29, 0.717) is 29.4 Å². The van der Waals surface area contributed by atoms with Crippen molar-refractivity contribution < 1.29 is 23.9 Å². The number of carbonyl (C=O) groups excluding carboxylic acids is 3. The molecule has 236 valence electrons. The van der Waals surface area contributed by atoms with Crippen LogP contribution in [-0.4, -0.2) is 17.8 Å². The average molecular weight is 633 g/mol. The number of amides is 4. The fourth-order valence-corrected chi connectivity index (χ4v) is 5.92. The number of nitrogens with one attached hydrogen (secondary N) is 1. The molecule has 0 aliphatic carbocycles. The zero-order valence-corrected chi connectivity index (χ0v) is 26.5. The van der Waals surface area contributed by atoms with Crippen LogP contribution in [0, 0.1) is 13.8 Å². The van der Waals surface area contributed by atoms with Crippen molar-refractivity contribution in [2.45, 2.75) is 27.1 Å². The van der Waals surface area contributed by atoms with Gasteiger partial charge in [-0.25, -0.2) is 9.69 Å². The third-order valence-electron chi connectivity index (χ3n) is 8.59. The van der Waals surface area contributed by atoms with Gasteiger partial charge in [0.2, 0.25) is 0 Å². The van der Waals surface area contributed by atoms with E-state index in [2.05, 4.69) is 29.6 Å². The largest absolute Gasteiger partial charge is 0.489 e. The first-order chi connectivity index (χ1) is 23.4. The Balaban J connectivity index is 1.19. The van der Waals surface area contributed by atoms with Gasteiger partial charge in [0.05, 0.1) is 5.69 Å². The van der Waals surface area contributed by atoms with Crippen LogP contribution in [0.2, 0.25) is 0 Å². The average Bonchev–Trinajstić information content (AvgIpc) is 3.10. The predicted molar refractivity (Wildman–Crippen MR) is 188 cm³/mol. The highest BCUT2D eigenvalue weighted by molar-refractivity contribution is 6.39. The molecule has 4 amide bonds. The van der Waals surface area contributed by atoms with E-state index in [0.717, 1.165) is 43.1 Å². The molecule has 0 atom stereocenters. The fraction of sp³-hybridized carbons (Fsp3) is 0.0976. The van der Waals surface area contributed by atoms with Crippen molar-refractivity contribution in [3.8, 4) is 11.5 Å². The molecular formula is C41H32N2O5. The maximum atomic E-state index is 13.9. The molecule has 0 aromatic heterocycles. The molecule has 7 heteroatoms. The standard InChI is InChI=1S/C41H32N2O5/c1-26-11-14-28(15-12-26)24-47-32-20-18-31(19-21-32)43-40(45)36(39(44)42-41(43)46)23-35-33-9-5-3-8-30(33)17-22-38(35)48-25-37-27(2)13-16-29-7-4-6-10-34(29)37/h3-23H,24-25H2,1-2H3,(H,42,44,46)/b36-23+. The summed E-state index contributed by atoms with van der Waals surface area (Å²) >= 11 is 0. The molecule has 0 radical (unpaired) electrons. The van der Waals surface area contributed by atoms with Crippen LogP contribution in [0.25, 0.3) is 27.6 Å². The molecule has 0 bridgehead atoms. The Hall–Kier alpha value is -6.21. The summed E-state index contributed by atoms with van der Waals surface area (Å²) in [5.41, 5.74) is 5.02. The number of benzene rings is 6. The number of imide groups is 2. The number of urea groups is 1. The van der Waals surface area contributed by atoms with Crippen molar-refractivity contribution in [3.63, 3.8) is 0 Å². The number of barbiturate groups is 1. The van der Waals surface area contributed by atoms with Crippen molar-refractivity contribution >= 4 is 51.2 Å². The zero-order valence-electron chi connectivity index (χ0n) is 26.5. The molecule has 0 spiro atoms. The molecule has 1 fully saturated rings. The zero-order chi connectivity index (χ0) is 33.2. The van der Waals surface area contributed by atoms with E-state index < -0.39 is 17.8 Å². The highest BCUT2D eigenvalue weighted by Gasteiger charge is 2.37. The molecule has 0 unspecified atom stereocenters. The van der Waals surface area contributed by atoms with E-state index in [1.165, 1.54) is 11.6 Å². The lowest BCUT2D eigenvalue weighted by atomic mass is 9.99. The van der Waals surface area contributed by atoms with Crippen molar-refractivity contribution in [2.75, 3.05) is 4.90 Å². The smallest absolute Gasteiger partial charge is 0.335 e. The quantitative estimate of drug-likeness (QED) is 0.135. The highest BCUT2D eigenvalue weighted by atomic mass is 16.5. The third-order valence-corrected chi connectivity index (χ3v) is 8.59. The predicted octanol–water partition coefficient (Wildman–Crippen LogP) is 8.43. The molecule has 1 heterocycles. The number of nitrogens with zero attached hydrogens (tertiary/aromatic N) is 1. The minimum atomic E-state index is -0.823. The van der Waals surface area contributed by atoms with Crippen LogP contribution in [-0.2, 0) is 22.8 Å². The second-order valence-corrected chi connectivity index (χ2v) is 11.8. The maximum Gasteiger partial charge on any atom is 0.335 e. The Morgan fingerprint density at radius 2 is 1.33 bits per heavy atom. The molecule has 1 aliphatic heterocycles. The van der Waals surface area contributed by atoms with E-state index in [-0.39, 0.29) is 12.2 Å². The molecule has 1 saturated heterocycles. The van der Waals surface area contributed by atoms with Crippen molar-refractivity contribution in [2.24, 2.45) is 0 Å². The summed E-state index contributed by atoms with van der Waals surface area (Å²) in [6.07, 6.45) is 1.52. The first-order valence-electron chi connectivity index (χ1n) is 15.7. The molecular weight excluding hydrogens is 600 g/mol. The van der Waals surface area contributed by atoms with Gasteiger partial charge in [-0.15, -0.1) is 0 Å². The normalized spacial score (nSPS) is 14.1. The second kappa shape index (κ2) is 12.9. The number of hydrogen-bond donors (Lipinski definition) is 1. The Morgan fingerprint density at radius 3 is 2.08 bits per heavy atom. The van der Waals surface area contributed by atoms with Crippen LogP contribution in [0.1, 0.15) is 27.8 Å². The summed E-state index contributed by atoms with van der Waals surface area (Å²) in [5.74, 6) is -0.424. The number of rotatable bonds is 8. The van der Waals surface area contributed by atoms with Crippen LogP contribution >= 0.6 is 0 Å². The molecule has 6 aromatic rings. The minimum Gasteiger partial charge on any atom is -0.489 e. The van der Waals surface area contributed by atoms with E-state index in [1.54, 1.807) is 24.3 Å². The Labute approximate surface area is 278 Å². The SMILES string of the molecule is Cc1ccc(COc2ccc(N3C(=O)NC(=O)/C(=C\c4c(OCc5c(C)ccc6ccccc56)ccc5ccccc45)C3=O)cc2)cc1. The summed E-state index contributed by atoms with van der Waals surface area (Å²) in [7, 11) is 0. The number of anilines is 1. The van der Waals surface area contributed by atoms with Crippen LogP contribution in [0.4, 0.5) is 10.5 Å². The summed E-state index contributed by atoms with van der Waals surface area (Å²) in [6, 6.07) is 37.6. The lowest BCUT2D eigenvalue weighted by Gasteiger charge is -2.26. The monoisotopic (exact) mass is 632 g/mol. The molecule has 1 N–H and O–H groups in total. The van der Waals surface area contributed by atoms with Gasteiger partial charge in [-0.1, -0.05) is 96.6 Å². The lowest BCUT2D eigenvalue weighted by Crippen LogP contribution is -2.54. The second-order valence-electron chi connectivity index (χ2n) is 11.8. The van der Waals surface area contributed by atoms with Crippen molar-refractivity contribution in [1.29, 1.82) is 0 Å². The number of hydrogen-bond acceptors (Lipinski definition) is 5. The highest BCUT2D eigenvalue weighted by Crippen LogP contribution is 2.33. The molecule has 48 heavy (non-hydrogen) atoms. The minimum absolute atomic E-state index is 0.183. The molecule has 1 aliphatic rings. The molecule has 7 rings (SSSR count). The number of ether oxygens (including phenoxy) is 2. The van der Waals surface area contributed by atoms with Gasteiger partial charge in [-0.2, -0.15) is 0 Å². The van der Waals surface area contributed by atoms with Gasteiger partial charge in [-0.3, -0.25) is 14.9 Å². The van der Waals surface area contributed by atoms with Gasteiger partial charge in [0.25, 0.3) is 11.8 Å². The topological polar surface area (TPSA) is 84.9 Å². The van der Waals surface area contributed by atoms with Crippen molar-refractivity contribution in [1.82, 2.24) is 5.32 Å².